The smallest absolute Gasteiger partial charge is 0.383 e. The number of aromatic nitrogens is 2. The van der Waals surface area contributed by atoms with Gasteiger partial charge in [0.15, 0.2) is 0 Å². The van der Waals surface area contributed by atoms with Gasteiger partial charge in [0.1, 0.15) is 11.6 Å². The minimum absolute atomic E-state index is 0.0522. The molecule has 96 valence electrons. The fourth-order valence-corrected chi connectivity index (χ4v) is 1.69. The van der Waals surface area contributed by atoms with Crippen LogP contribution in [-0.2, 0) is 12.7 Å². The first-order chi connectivity index (χ1) is 8.43. The lowest BCUT2D eigenvalue weighted by molar-refractivity contribution is -0.136. The Kier molecular flexibility index (Phi) is 3.08. The number of hydrogen-bond donors (Lipinski definition) is 2. The Morgan fingerprint density at radius 2 is 2.00 bits per heavy atom. The summed E-state index contributed by atoms with van der Waals surface area (Å²) in [5, 5.41) is 2.98. The van der Waals surface area contributed by atoms with Gasteiger partial charge in [-0.25, -0.2) is 9.97 Å². The molecule has 0 aliphatic rings. The van der Waals surface area contributed by atoms with Crippen LogP contribution < -0.4 is 11.1 Å². The van der Waals surface area contributed by atoms with Gasteiger partial charge in [-0.1, -0.05) is 6.07 Å². The molecule has 0 atom stereocenters. The Bertz CT molecular complexity index is 580. The topological polar surface area (TPSA) is 63.8 Å². The summed E-state index contributed by atoms with van der Waals surface area (Å²) in [6.07, 6.45) is -4.46. The second kappa shape index (κ2) is 4.41. The number of alkyl halides is 3. The summed E-state index contributed by atoms with van der Waals surface area (Å²) >= 11 is 0. The highest BCUT2D eigenvalue weighted by Gasteiger charge is 2.33. The predicted octanol–water partition coefficient (Wildman–Crippen LogP) is 1.95. The molecule has 2 rings (SSSR count). The number of fused-ring (bicyclic) bond motifs is 1. The molecule has 18 heavy (non-hydrogen) atoms. The maximum atomic E-state index is 12.9. The van der Waals surface area contributed by atoms with Gasteiger partial charge in [-0.2, -0.15) is 13.2 Å². The summed E-state index contributed by atoms with van der Waals surface area (Å²) < 4.78 is 38.6. The summed E-state index contributed by atoms with van der Waals surface area (Å²) in [6.45, 7) is 0.256. The Morgan fingerprint density at radius 3 is 2.61 bits per heavy atom. The van der Waals surface area contributed by atoms with Crippen molar-refractivity contribution in [3.63, 3.8) is 0 Å². The van der Waals surface area contributed by atoms with E-state index in [0.29, 0.717) is 0 Å². The van der Waals surface area contributed by atoms with Crippen LogP contribution in [0.4, 0.5) is 19.0 Å². The van der Waals surface area contributed by atoms with Crippen LogP contribution in [0.25, 0.3) is 10.9 Å². The van der Waals surface area contributed by atoms with E-state index in [4.69, 9.17) is 5.73 Å². The summed E-state index contributed by atoms with van der Waals surface area (Å²) in [6, 6.07) is 3.75. The van der Waals surface area contributed by atoms with Gasteiger partial charge >= 0.3 is 6.18 Å². The van der Waals surface area contributed by atoms with E-state index >= 15 is 0 Å². The maximum Gasteiger partial charge on any atom is 0.418 e. The maximum absolute atomic E-state index is 12.9. The normalized spacial score (nSPS) is 12.0. The first kappa shape index (κ1) is 12.6. The van der Waals surface area contributed by atoms with Crippen molar-refractivity contribution in [2.45, 2.75) is 12.7 Å². The number of benzene rings is 1. The summed E-state index contributed by atoms with van der Waals surface area (Å²) in [4.78, 5) is 7.87. The number of para-hydroxylation sites is 1. The molecule has 0 fully saturated rings. The number of nitrogen functional groups attached to an aromatic ring is 1. The van der Waals surface area contributed by atoms with Crippen LogP contribution in [0.1, 0.15) is 11.4 Å². The standard InChI is InChI=1S/C11H11F3N4/c1-16-5-8-17-9-6(10(15)18-8)3-2-4-7(9)11(12,13)14/h2-4,16H,5H2,1H3,(H2,15,17,18). The lowest BCUT2D eigenvalue weighted by Crippen LogP contribution is -2.13. The van der Waals surface area contributed by atoms with E-state index in [-0.39, 0.29) is 29.1 Å². The zero-order valence-corrected chi connectivity index (χ0v) is 9.54. The number of rotatable bonds is 2. The van der Waals surface area contributed by atoms with Crippen molar-refractivity contribution in [1.82, 2.24) is 15.3 Å². The van der Waals surface area contributed by atoms with Crippen LogP contribution in [-0.4, -0.2) is 17.0 Å². The van der Waals surface area contributed by atoms with E-state index in [1.165, 1.54) is 12.1 Å². The summed E-state index contributed by atoms with van der Waals surface area (Å²) in [5.41, 5.74) is 4.69. The molecule has 0 saturated carbocycles. The lowest BCUT2D eigenvalue weighted by atomic mass is 10.1. The average molecular weight is 256 g/mol. The van der Waals surface area contributed by atoms with Gasteiger partial charge in [0.2, 0.25) is 0 Å². The number of nitrogens with one attached hydrogen (secondary N) is 1. The van der Waals surface area contributed by atoms with Crippen molar-refractivity contribution in [2.75, 3.05) is 12.8 Å². The molecule has 0 unspecified atom stereocenters. The molecule has 0 radical (unpaired) electrons. The molecule has 4 nitrogen and oxygen atoms in total. The molecule has 3 N–H and O–H groups in total. The Balaban J connectivity index is 2.74. The first-order valence-electron chi connectivity index (χ1n) is 5.20. The molecule has 0 aliphatic carbocycles. The highest BCUT2D eigenvalue weighted by Crippen LogP contribution is 2.34. The zero-order valence-electron chi connectivity index (χ0n) is 9.54. The third-order valence-electron chi connectivity index (χ3n) is 2.44. The summed E-state index contributed by atoms with van der Waals surface area (Å²) in [5.74, 6) is 0.288. The van der Waals surface area contributed by atoms with Crippen LogP contribution in [0.3, 0.4) is 0 Å². The average Bonchev–Trinajstić information content (AvgIpc) is 2.27. The van der Waals surface area contributed by atoms with Gasteiger partial charge in [-0.15, -0.1) is 0 Å². The second-order valence-electron chi connectivity index (χ2n) is 3.75. The lowest BCUT2D eigenvalue weighted by Gasteiger charge is -2.11. The molecule has 0 saturated heterocycles. The predicted molar refractivity (Wildman–Crippen MR) is 61.7 cm³/mol. The molecular formula is C11H11F3N4. The molecule has 1 aromatic carbocycles. The molecular weight excluding hydrogens is 245 g/mol. The quantitative estimate of drug-likeness (QED) is 0.862. The van der Waals surface area contributed by atoms with Crippen LogP contribution in [0.2, 0.25) is 0 Å². The van der Waals surface area contributed by atoms with Crippen molar-refractivity contribution in [1.29, 1.82) is 0 Å². The van der Waals surface area contributed by atoms with Gasteiger partial charge < -0.3 is 11.1 Å². The highest BCUT2D eigenvalue weighted by molar-refractivity contribution is 5.90. The van der Waals surface area contributed by atoms with E-state index in [9.17, 15) is 13.2 Å². The highest BCUT2D eigenvalue weighted by atomic mass is 19.4. The van der Waals surface area contributed by atoms with E-state index in [0.717, 1.165) is 6.07 Å². The third kappa shape index (κ3) is 2.21. The molecule has 2 aromatic rings. The number of hydrogen-bond acceptors (Lipinski definition) is 4. The van der Waals surface area contributed by atoms with Crippen LogP contribution >= 0.6 is 0 Å². The van der Waals surface area contributed by atoms with Crippen LogP contribution in [0.5, 0.6) is 0 Å². The van der Waals surface area contributed by atoms with E-state index < -0.39 is 11.7 Å². The third-order valence-corrected chi connectivity index (χ3v) is 2.44. The van der Waals surface area contributed by atoms with Crippen molar-refractivity contribution in [3.8, 4) is 0 Å². The zero-order chi connectivity index (χ0) is 13.3. The number of nitrogens with two attached hydrogens (primary N) is 1. The van der Waals surface area contributed by atoms with Crippen molar-refractivity contribution < 1.29 is 13.2 Å². The minimum atomic E-state index is -4.46. The van der Waals surface area contributed by atoms with Gasteiger partial charge in [0.25, 0.3) is 0 Å². The van der Waals surface area contributed by atoms with Gasteiger partial charge in [-0.05, 0) is 19.2 Å². The Labute approximate surface area is 101 Å². The monoisotopic (exact) mass is 256 g/mol. The fraction of sp³-hybridized carbons (Fsp3) is 0.273. The molecule has 1 heterocycles. The van der Waals surface area contributed by atoms with E-state index in [1.807, 2.05) is 0 Å². The largest absolute Gasteiger partial charge is 0.418 e. The number of halogens is 3. The van der Waals surface area contributed by atoms with Crippen molar-refractivity contribution in [3.05, 3.63) is 29.6 Å². The SMILES string of the molecule is CNCc1nc(N)c2cccc(C(F)(F)F)c2n1. The van der Waals surface area contributed by atoms with Crippen LogP contribution in [0, 0.1) is 0 Å². The van der Waals surface area contributed by atoms with Crippen molar-refractivity contribution in [2.24, 2.45) is 0 Å². The minimum Gasteiger partial charge on any atom is -0.383 e. The second-order valence-corrected chi connectivity index (χ2v) is 3.75. The molecule has 1 aromatic heterocycles. The number of anilines is 1. The molecule has 0 aliphatic heterocycles. The Morgan fingerprint density at radius 1 is 1.28 bits per heavy atom. The first-order valence-corrected chi connectivity index (χ1v) is 5.20. The summed E-state index contributed by atoms with van der Waals surface area (Å²) in [7, 11) is 1.65. The molecule has 0 amide bonds. The molecule has 0 spiro atoms. The number of nitrogens with zero attached hydrogens (tertiary/aromatic N) is 2. The Hall–Kier alpha value is -1.89. The molecule has 0 bridgehead atoms. The van der Waals surface area contributed by atoms with Gasteiger partial charge in [-0.3, -0.25) is 0 Å². The van der Waals surface area contributed by atoms with Gasteiger partial charge in [0, 0.05) is 5.39 Å². The van der Waals surface area contributed by atoms with E-state index in [1.54, 1.807) is 7.05 Å². The van der Waals surface area contributed by atoms with Crippen LogP contribution in [0.15, 0.2) is 18.2 Å². The van der Waals surface area contributed by atoms with Crippen molar-refractivity contribution >= 4 is 16.7 Å². The fourth-order valence-electron chi connectivity index (χ4n) is 1.69. The molecule has 7 heteroatoms. The van der Waals surface area contributed by atoms with Gasteiger partial charge in [0.05, 0.1) is 17.6 Å². The van der Waals surface area contributed by atoms with E-state index in [2.05, 4.69) is 15.3 Å².